The van der Waals surface area contributed by atoms with Crippen LogP contribution in [0, 0.1) is 5.92 Å². The van der Waals surface area contributed by atoms with Crippen LogP contribution in [0.4, 0.5) is 4.39 Å². The number of halogens is 1. The van der Waals surface area contributed by atoms with Gasteiger partial charge in [0, 0.05) is 5.92 Å². The van der Waals surface area contributed by atoms with E-state index in [4.69, 9.17) is 0 Å². The Morgan fingerprint density at radius 2 is 1.75 bits per heavy atom. The molecule has 110 valence electrons. The fourth-order valence-electron chi connectivity index (χ4n) is 2.42. The molecule has 0 N–H and O–H groups in total. The summed E-state index contributed by atoms with van der Waals surface area (Å²) in [6, 6.07) is 6.99. The van der Waals surface area contributed by atoms with Crippen LogP contribution >= 0.6 is 12.6 Å². The number of carbonyl (C=O) groups excluding carboxylic acids is 2. The van der Waals surface area contributed by atoms with E-state index in [1.807, 2.05) is 6.92 Å². The van der Waals surface area contributed by atoms with Gasteiger partial charge in [0.25, 0.3) is 0 Å². The molecule has 2 atom stereocenters. The van der Waals surface area contributed by atoms with E-state index < -0.39 is 16.7 Å². The molecule has 1 aromatic rings. The van der Waals surface area contributed by atoms with Crippen molar-refractivity contribution in [3.63, 3.8) is 0 Å². The van der Waals surface area contributed by atoms with E-state index in [1.54, 1.807) is 24.3 Å². The molecule has 0 spiro atoms. The Labute approximate surface area is 125 Å². The number of alkyl halides is 1. The van der Waals surface area contributed by atoms with E-state index in [0.29, 0.717) is 12.0 Å². The quantitative estimate of drug-likeness (QED) is 0.635. The van der Waals surface area contributed by atoms with Gasteiger partial charge in [-0.15, -0.1) is 12.6 Å². The molecule has 20 heavy (non-hydrogen) atoms. The van der Waals surface area contributed by atoms with Gasteiger partial charge in [-0.05, 0) is 38.3 Å². The van der Waals surface area contributed by atoms with Gasteiger partial charge in [-0.3, -0.25) is 9.59 Å². The summed E-state index contributed by atoms with van der Waals surface area (Å²) >= 11 is 3.82. The van der Waals surface area contributed by atoms with Crippen LogP contribution < -0.4 is 0 Å². The lowest BCUT2D eigenvalue weighted by Crippen LogP contribution is -2.25. The third-order valence-corrected chi connectivity index (χ3v) is 3.85. The fourth-order valence-corrected chi connectivity index (χ4v) is 2.78. The summed E-state index contributed by atoms with van der Waals surface area (Å²) in [5.41, 5.74) is 0.0373. The van der Waals surface area contributed by atoms with E-state index >= 15 is 0 Å². The molecule has 0 aliphatic heterocycles. The summed E-state index contributed by atoms with van der Waals surface area (Å²) < 4.78 is 13.8. The standard InChI is InChI=1S/C16H21FO2S/c1-5-13(14(10(2)18)15(19)20)11-6-8-12(9-7-11)16(3,4)17/h6-9,13-14H,5H2,1-4H3,(H,19,20). The Bertz CT molecular complexity index is 474. The predicted molar refractivity (Wildman–Crippen MR) is 81.8 cm³/mol. The number of benzene rings is 1. The smallest absolute Gasteiger partial charge is 0.196 e. The predicted octanol–water partition coefficient (Wildman–Crippen LogP) is 4.05. The zero-order chi connectivity index (χ0) is 15.5. The summed E-state index contributed by atoms with van der Waals surface area (Å²) in [6.07, 6.45) is 0.648. The SMILES string of the molecule is CCC(c1ccc(C(C)(C)F)cc1)C(C(C)=O)C(=O)S. The number of thiol groups is 1. The first-order chi connectivity index (χ1) is 9.18. The van der Waals surface area contributed by atoms with Gasteiger partial charge in [-0.1, -0.05) is 31.2 Å². The Morgan fingerprint density at radius 1 is 1.25 bits per heavy atom. The highest BCUT2D eigenvalue weighted by atomic mass is 32.1. The van der Waals surface area contributed by atoms with Crippen LogP contribution in [0.2, 0.25) is 0 Å². The normalized spacial score (nSPS) is 14.7. The average Bonchev–Trinajstić information content (AvgIpc) is 2.33. The van der Waals surface area contributed by atoms with Crippen LogP contribution in [0.5, 0.6) is 0 Å². The molecular weight excluding hydrogens is 275 g/mol. The minimum Gasteiger partial charge on any atom is -0.299 e. The number of carbonyl (C=O) groups is 2. The highest BCUT2D eigenvalue weighted by Gasteiger charge is 2.30. The highest BCUT2D eigenvalue weighted by molar-refractivity contribution is 7.96. The maximum absolute atomic E-state index is 13.8. The third-order valence-electron chi connectivity index (χ3n) is 3.57. The first-order valence-electron chi connectivity index (χ1n) is 6.71. The second-order valence-corrected chi connectivity index (χ2v) is 5.98. The summed E-state index contributed by atoms with van der Waals surface area (Å²) in [7, 11) is 0. The van der Waals surface area contributed by atoms with Crippen LogP contribution in [0.3, 0.4) is 0 Å². The van der Waals surface area contributed by atoms with Crippen LogP contribution in [0.1, 0.15) is 51.2 Å². The molecular formula is C16H21FO2S. The fraction of sp³-hybridized carbons (Fsp3) is 0.500. The zero-order valence-electron chi connectivity index (χ0n) is 12.3. The molecule has 4 heteroatoms. The monoisotopic (exact) mass is 296 g/mol. The van der Waals surface area contributed by atoms with Gasteiger partial charge in [0.05, 0.1) is 5.92 Å². The highest BCUT2D eigenvalue weighted by Crippen LogP contribution is 2.32. The molecule has 1 aromatic carbocycles. The second-order valence-electron chi connectivity index (χ2n) is 5.54. The Kier molecular flexibility index (Phi) is 5.51. The molecule has 0 amide bonds. The Balaban J connectivity index is 3.13. The van der Waals surface area contributed by atoms with Gasteiger partial charge in [0.15, 0.2) is 5.12 Å². The number of hydrogen-bond acceptors (Lipinski definition) is 2. The van der Waals surface area contributed by atoms with Crippen molar-refractivity contribution in [1.29, 1.82) is 0 Å². The first kappa shape index (κ1) is 16.9. The number of ketones is 1. The Hall–Kier alpha value is -1.16. The van der Waals surface area contributed by atoms with Crippen LogP contribution in [-0.2, 0) is 15.3 Å². The van der Waals surface area contributed by atoms with Crippen molar-refractivity contribution in [3.8, 4) is 0 Å². The van der Waals surface area contributed by atoms with E-state index in [-0.39, 0.29) is 11.7 Å². The summed E-state index contributed by atoms with van der Waals surface area (Å²) in [5, 5.41) is -0.417. The molecule has 0 bridgehead atoms. The van der Waals surface area contributed by atoms with Crippen LogP contribution in [0.25, 0.3) is 0 Å². The largest absolute Gasteiger partial charge is 0.299 e. The van der Waals surface area contributed by atoms with Crippen molar-refractivity contribution in [2.45, 2.75) is 45.7 Å². The molecule has 0 fully saturated rings. The van der Waals surface area contributed by atoms with Crippen molar-refractivity contribution in [2.75, 3.05) is 0 Å². The van der Waals surface area contributed by atoms with Crippen molar-refractivity contribution in [2.24, 2.45) is 5.92 Å². The summed E-state index contributed by atoms with van der Waals surface area (Å²) in [4.78, 5) is 23.2. The van der Waals surface area contributed by atoms with Gasteiger partial charge in [0.2, 0.25) is 0 Å². The molecule has 0 aliphatic carbocycles. The summed E-state index contributed by atoms with van der Waals surface area (Å²) in [5.74, 6) is -1.14. The molecule has 0 radical (unpaired) electrons. The van der Waals surface area contributed by atoms with Crippen molar-refractivity contribution >= 4 is 23.5 Å². The number of rotatable bonds is 6. The second kappa shape index (κ2) is 6.53. The third kappa shape index (κ3) is 3.92. The minimum atomic E-state index is -1.40. The van der Waals surface area contributed by atoms with E-state index in [2.05, 4.69) is 12.6 Å². The lowest BCUT2D eigenvalue weighted by Gasteiger charge is -2.23. The topological polar surface area (TPSA) is 34.1 Å². The van der Waals surface area contributed by atoms with Gasteiger partial charge >= 0.3 is 0 Å². The molecule has 2 nitrogen and oxygen atoms in total. The van der Waals surface area contributed by atoms with E-state index in [1.165, 1.54) is 20.8 Å². The molecule has 0 aliphatic rings. The molecule has 0 aromatic heterocycles. The molecule has 0 saturated carbocycles. The molecule has 2 unspecified atom stereocenters. The van der Waals surface area contributed by atoms with E-state index in [9.17, 15) is 14.0 Å². The zero-order valence-corrected chi connectivity index (χ0v) is 13.2. The number of hydrogen-bond donors (Lipinski definition) is 1. The summed E-state index contributed by atoms with van der Waals surface area (Å²) in [6.45, 7) is 6.31. The molecule has 0 saturated heterocycles. The van der Waals surface area contributed by atoms with Crippen LogP contribution in [-0.4, -0.2) is 10.9 Å². The lowest BCUT2D eigenvalue weighted by atomic mass is 9.82. The van der Waals surface area contributed by atoms with Gasteiger partial charge < -0.3 is 0 Å². The first-order valence-corrected chi connectivity index (χ1v) is 7.15. The van der Waals surface area contributed by atoms with Gasteiger partial charge in [0.1, 0.15) is 11.5 Å². The van der Waals surface area contributed by atoms with Crippen molar-refractivity contribution in [3.05, 3.63) is 35.4 Å². The van der Waals surface area contributed by atoms with E-state index in [0.717, 1.165) is 5.56 Å². The molecule has 0 heterocycles. The number of Topliss-reactive ketones (excluding diaryl/α,β-unsaturated/α-hetero) is 1. The average molecular weight is 296 g/mol. The molecule has 1 rings (SSSR count). The maximum Gasteiger partial charge on any atom is 0.196 e. The Morgan fingerprint density at radius 3 is 2.05 bits per heavy atom. The van der Waals surface area contributed by atoms with Crippen LogP contribution in [0.15, 0.2) is 24.3 Å². The minimum absolute atomic E-state index is 0.188. The van der Waals surface area contributed by atoms with Gasteiger partial charge in [-0.25, -0.2) is 4.39 Å². The van der Waals surface area contributed by atoms with Gasteiger partial charge in [-0.2, -0.15) is 0 Å². The lowest BCUT2D eigenvalue weighted by molar-refractivity contribution is -0.127. The van der Waals surface area contributed by atoms with Crippen molar-refractivity contribution < 1.29 is 14.0 Å². The maximum atomic E-state index is 13.8. The van der Waals surface area contributed by atoms with Crippen molar-refractivity contribution in [1.82, 2.24) is 0 Å².